The van der Waals surface area contributed by atoms with Gasteiger partial charge in [-0.3, -0.25) is 4.98 Å². The van der Waals surface area contributed by atoms with E-state index in [1.165, 1.54) is 16.4 Å². The molecule has 0 unspecified atom stereocenters. The number of aromatic nitrogens is 1. The van der Waals surface area contributed by atoms with Gasteiger partial charge < -0.3 is 19.9 Å². The van der Waals surface area contributed by atoms with Crippen molar-refractivity contribution in [3.05, 3.63) is 60.8 Å². The van der Waals surface area contributed by atoms with Crippen molar-refractivity contribution in [2.45, 2.75) is 46.8 Å². The SMILES string of the molecule is CS(=O)(=O)c1cccc(OC[C@@H](O)CN[C@H]2COC3(CCN(S(=O)(=O)c4ccc5ncccc5c4)CC3)C2)c1. The molecule has 1 aromatic heterocycles. The number of ether oxygens (including phenoxy) is 2. The van der Waals surface area contributed by atoms with Gasteiger partial charge in [-0.25, -0.2) is 16.8 Å². The largest absolute Gasteiger partial charge is 0.491 e. The molecule has 5 rings (SSSR count). The van der Waals surface area contributed by atoms with E-state index in [2.05, 4.69) is 10.3 Å². The van der Waals surface area contributed by atoms with Crippen LogP contribution >= 0.6 is 0 Å². The molecule has 39 heavy (non-hydrogen) atoms. The van der Waals surface area contributed by atoms with Gasteiger partial charge >= 0.3 is 0 Å². The monoisotopic (exact) mass is 575 g/mol. The first-order chi connectivity index (χ1) is 18.5. The number of sulfone groups is 1. The summed E-state index contributed by atoms with van der Waals surface area (Å²) in [7, 11) is -6.96. The molecule has 2 fully saturated rings. The fourth-order valence-corrected chi connectivity index (χ4v) is 7.30. The number of nitrogens with one attached hydrogen (secondary N) is 1. The molecule has 2 aromatic carbocycles. The maximum atomic E-state index is 13.3. The Bertz CT molecular complexity index is 1540. The van der Waals surface area contributed by atoms with Crippen molar-refractivity contribution in [2.24, 2.45) is 0 Å². The highest BCUT2D eigenvalue weighted by molar-refractivity contribution is 7.90. The Hall–Kier alpha value is -2.61. The Balaban J connectivity index is 1.10. The van der Waals surface area contributed by atoms with Crippen LogP contribution in [0.1, 0.15) is 19.3 Å². The molecule has 2 atom stereocenters. The zero-order valence-corrected chi connectivity index (χ0v) is 23.3. The Kier molecular flexibility index (Phi) is 7.96. The Labute approximate surface area is 228 Å². The molecule has 2 aliphatic rings. The van der Waals surface area contributed by atoms with E-state index in [0.717, 1.165) is 23.6 Å². The van der Waals surface area contributed by atoms with Crippen molar-refractivity contribution in [3.8, 4) is 5.75 Å². The molecule has 0 amide bonds. The molecule has 2 N–H and O–H groups in total. The summed E-state index contributed by atoms with van der Waals surface area (Å²) in [5, 5.41) is 14.5. The van der Waals surface area contributed by atoms with Gasteiger partial charge in [0, 0.05) is 43.5 Å². The minimum absolute atomic E-state index is 0.0105. The molecule has 10 nitrogen and oxygen atoms in total. The summed E-state index contributed by atoms with van der Waals surface area (Å²) in [5.74, 6) is 0.377. The fourth-order valence-electron chi connectivity index (χ4n) is 5.17. The summed E-state index contributed by atoms with van der Waals surface area (Å²) in [6.07, 6.45) is 3.94. The molecule has 0 saturated carbocycles. The Morgan fingerprint density at radius 1 is 1.10 bits per heavy atom. The van der Waals surface area contributed by atoms with E-state index in [1.54, 1.807) is 42.6 Å². The summed E-state index contributed by atoms with van der Waals surface area (Å²) in [6.45, 7) is 1.53. The quantitative estimate of drug-likeness (QED) is 0.393. The first-order valence-corrected chi connectivity index (χ1v) is 16.2. The zero-order chi connectivity index (χ0) is 27.7. The standard InChI is InChI=1S/C27H33N3O7S2/c1-38(32,33)24-6-2-5-23(15-24)36-19-22(31)17-29-21-16-27(37-18-21)9-12-30(13-10-27)39(34,35)25-7-8-26-20(14-25)4-3-11-28-26/h2-8,11,14-15,21-22,29,31H,9-10,12-13,16-19H2,1H3/t21-,22+/m1/s1. The van der Waals surface area contributed by atoms with Crippen molar-refractivity contribution in [1.29, 1.82) is 0 Å². The second-order valence-electron chi connectivity index (χ2n) is 10.3. The second kappa shape index (κ2) is 11.1. The predicted molar refractivity (Wildman–Crippen MR) is 146 cm³/mol. The lowest BCUT2D eigenvalue weighted by Gasteiger charge is -2.38. The van der Waals surface area contributed by atoms with Gasteiger partial charge in [0.05, 0.1) is 27.5 Å². The summed E-state index contributed by atoms with van der Waals surface area (Å²) in [6, 6.07) is 14.9. The smallest absolute Gasteiger partial charge is 0.243 e. The van der Waals surface area contributed by atoms with Crippen LogP contribution in [0.3, 0.4) is 0 Å². The number of nitrogens with zero attached hydrogens (tertiary/aromatic N) is 2. The minimum atomic E-state index is -3.62. The third kappa shape index (κ3) is 6.42. The van der Waals surface area contributed by atoms with Crippen LogP contribution in [0.15, 0.2) is 70.6 Å². The van der Waals surface area contributed by atoms with E-state index >= 15 is 0 Å². The normalized spacial score (nSPS) is 20.8. The van der Waals surface area contributed by atoms with Crippen LogP contribution in [0.25, 0.3) is 10.9 Å². The summed E-state index contributed by atoms with van der Waals surface area (Å²) in [4.78, 5) is 4.69. The van der Waals surface area contributed by atoms with Gasteiger partial charge in [0.25, 0.3) is 0 Å². The van der Waals surface area contributed by atoms with Gasteiger partial charge in [-0.05, 0) is 61.7 Å². The highest BCUT2D eigenvalue weighted by Crippen LogP contribution is 2.37. The molecule has 0 bridgehead atoms. The second-order valence-corrected chi connectivity index (χ2v) is 14.2. The average molecular weight is 576 g/mol. The molecule has 3 aromatic rings. The summed E-state index contributed by atoms with van der Waals surface area (Å²) < 4.78 is 63.3. The van der Waals surface area contributed by atoms with Crippen molar-refractivity contribution in [3.63, 3.8) is 0 Å². The van der Waals surface area contributed by atoms with Gasteiger partial charge in [0.2, 0.25) is 10.0 Å². The number of rotatable bonds is 9. The van der Waals surface area contributed by atoms with Gasteiger partial charge in [-0.2, -0.15) is 4.31 Å². The van der Waals surface area contributed by atoms with Gasteiger partial charge in [-0.15, -0.1) is 0 Å². The average Bonchev–Trinajstić information content (AvgIpc) is 3.32. The molecule has 2 saturated heterocycles. The number of pyridine rings is 1. The third-order valence-corrected chi connectivity index (χ3v) is 10.4. The minimum Gasteiger partial charge on any atom is -0.491 e. The Morgan fingerprint density at radius 2 is 1.90 bits per heavy atom. The van der Waals surface area contributed by atoms with Gasteiger partial charge in [-0.1, -0.05) is 12.1 Å². The first kappa shape index (κ1) is 27.9. The number of piperidine rings is 1. The summed E-state index contributed by atoms with van der Waals surface area (Å²) in [5.41, 5.74) is 0.370. The molecule has 12 heteroatoms. The van der Waals surface area contributed by atoms with Crippen molar-refractivity contribution >= 4 is 30.8 Å². The number of aliphatic hydroxyl groups excluding tert-OH is 1. The van der Waals surface area contributed by atoms with Crippen molar-refractivity contribution in [2.75, 3.05) is 39.1 Å². The van der Waals surface area contributed by atoms with E-state index in [0.29, 0.717) is 38.3 Å². The molecule has 0 aliphatic carbocycles. The summed E-state index contributed by atoms with van der Waals surface area (Å²) >= 11 is 0. The van der Waals surface area contributed by atoms with E-state index in [-0.39, 0.29) is 34.6 Å². The molecular formula is C27H33N3O7S2. The number of aliphatic hydroxyl groups is 1. The van der Waals surface area contributed by atoms with E-state index in [4.69, 9.17) is 9.47 Å². The van der Waals surface area contributed by atoms with Crippen LogP contribution in [0.4, 0.5) is 0 Å². The lowest BCUT2D eigenvalue weighted by molar-refractivity contribution is -0.0312. The lowest BCUT2D eigenvalue weighted by atomic mass is 9.88. The number of benzene rings is 2. The van der Waals surface area contributed by atoms with E-state index < -0.39 is 26.0 Å². The van der Waals surface area contributed by atoms with E-state index in [9.17, 15) is 21.9 Å². The van der Waals surface area contributed by atoms with E-state index in [1.807, 2.05) is 6.07 Å². The predicted octanol–water partition coefficient (Wildman–Crippen LogP) is 1.98. The van der Waals surface area contributed by atoms with Crippen LogP contribution in [0, 0.1) is 0 Å². The Morgan fingerprint density at radius 3 is 2.67 bits per heavy atom. The highest BCUT2D eigenvalue weighted by Gasteiger charge is 2.44. The topological polar surface area (TPSA) is 135 Å². The van der Waals surface area contributed by atoms with Crippen molar-refractivity contribution < 1.29 is 31.4 Å². The maximum Gasteiger partial charge on any atom is 0.243 e. The zero-order valence-electron chi connectivity index (χ0n) is 21.7. The van der Waals surface area contributed by atoms with Crippen LogP contribution in [-0.2, 0) is 24.6 Å². The number of hydrogen-bond donors (Lipinski definition) is 2. The fraction of sp³-hybridized carbons (Fsp3) is 0.444. The maximum absolute atomic E-state index is 13.3. The first-order valence-electron chi connectivity index (χ1n) is 12.9. The van der Waals surface area contributed by atoms with Crippen molar-refractivity contribution in [1.82, 2.24) is 14.6 Å². The number of fused-ring (bicyclic) bond motifs is 1. The number of sulfonamides is 1. The van der Waals surface area contributed by atoms with Crippen LogP contribution in [0.2, 0.25) is 0 Å². The lowest BCUT2D eigenvalue weighted by Crippen LogP contribution is -2.47. The highest BCUT2D eigenvalue weighted by atomic mass is 32.2. The van der Waals surface area contributed by atoms with Crippen LogP contribution in [0.5, 0.6) is 5.75 Å². The molecule has 2 aliphatic heterocycles. The molecule has 0 radical (unpaired) electrons. The molecule has 3 heterocycles. The third-order valence-electron chi connectivity index (χ3n) is 7.37. The molecular weight excluding hydrogens is 542 g/mol. The molecule has 210 valence electrons. The molecule has 1 spiro atoms. The van der Waals surface area contributed by atoms with Gasteiger partial charge in [0.15, 0.2) is 9.84 Å². The number of hydrogen-bond acceptors (Lipinski definition) is 9. The van der Waals surface area contributed by atoms with Gasteiger partial charge in [0.1, 0.15) is 18.5 Å². The van der Waals surface area contributed by atoms with Crippen LogP contribution in [-0.4, -0.2) is 88.1 Å². The van der Waals surface area contributed by atoms with Crippen LogP contribution < -0.4 is 10.1 Å².